The molecule has 1 amide bonds. The summed E-state index contributed by atoms with van der Waals surface area (Å²) in [6.07, 6.45) is 0. The molecule has 1 atom stereocenters. The molecule has 0 heterocycles. The zero-order chi connectivity index (χ0) is 10.8. The number of carbonyl (C=O) groups excluding carboxylic acids is 1. The highest BCUT2D eigenvalue weighted by molar-refractivity contribution is 5.77. The predicted molar refractivity (Wildman–Crippen MR) is 54.2 cm³/mol. The summed E-state index contributed by atoms with van der Waals surface area (Å²) in [7, 11) is 3.44. The molecule has 0 aliphatic rings. The van der Waals surface area contributed by atoms with Crippen LogP contribution in [0.25, 0.3) is 0 Å². The molecule has 0 saturated carbocycles. The summed E-state index contributed by atoms with van der Waals surface area (Å²) in [4.78, 5) is 11.2. The summed E-state index contributed by atoms with van der Waals surface area (Å²) in [6.45, 7) is 3.80. The highest BCUT2D eigenvalue weighted by Crippen LogP contribution is 1.83. The van der Waals surface area contributed by atoms with E-state index in [0.717, 1.165) is 6.54 Å². The van der Waals surface area contributed by atoms with Crippen molar-refractivity contribution >= 4 is 5.91 Å². The molecule has 0 aliphatic heterocycles. The Morgan fingerprint density at radius 2 is 2.21 bits per heavy atom. The van der Waals surface area contributed by atoms with Crippen LogP contribution < -0.4 is 10.6 Å². The molecule has 0 saturated heterocycles. The molecule has 1 unspecified atom stereocenters. The maximum Gasteiger partial charge on any atom is 0.246 e. The van der Waals surface area contributed by atoms with E-state index in [2.05, 4.69) is 10.6 Å². The normalized spacial score (nSPS) is 12.5. The number of likely N-dealkylation sites (N-methyl/N-ethyl adjacent to an activating group) is 1. The molecule has 0 aromatic carbocycles. The SMILES string of the molecule is CNCCOCC(=O)NC(C)COC. The topological polar surface area (TPSA) is 59.6 Å². The minimum atomic E-state index is -0.106. The minimum absolute atomic E-state index is 0.0281. The van der Waals surface area contributed by atoms with Gasteiger partial charge >= 0.3 is 0 Å². The lowest BCUT2D eigenvalue weighted by Crippen LogP contribution is -2.38. The molecule has 5 nitrogen and oxygen atoms in total. The van der Waals surface area contributed by atoms with E-state index in [4.69, 9.17) is 9.47 Å². The van der Waals surface area contributed by atoms with E-state index >= 15 is 0 Å². The van der Waals surface area contributed by atoms with Gasteiger partial charge in [0.25, 0.3) is 0 Å². The number of rotatable bonds is 8. The quantitative estimate of drug-likeness (QED) is 0.517. The summed E-state index contributed by atoms with van der Waals surface area (Å²) in [6, 6.07) is 0.0281. The predicted octanol–water partition coefficient (Wildman–Crippen LogP) is -0.626. The van der Waals surface area contributed by atoms with E-state index in [0.29, 0.717) is 13.2 Å². The van der Waals surface area contributed by atoms with Crippen LogP contribution in [0.3, 0.4) is 0 Å². The van der Waals surface area contributed by atoms with Crippen molar-refractivity contribution in [1.29, 1.82) is 0 Å². The summed E-state index contributed by atoms with van der Waals surface area (Å²) in [5, 5.41) is 5.67. The standard InChI is InChI=1S/C9H20N2O3/c1-8(6-13-3)11-9(12)7-14-5-4-10-2/h8,10H,4-7H2,1-3H3,(H,11,12). The molecule has 0 aromatic rings. The van der Waals surface area contributed by atoms with Crippen LogP contribution in [0.5, 0.6) is 0 Å². The Morgan fingerprint density at radius 1 is 1.50 bits per heavy atom. The third-order valence-corrected chi connectivity index (χ3v) is 1.55. The molecule has 0 aliphatic carbocycles. The fourth-order valence-electron chi connectivity index (χ4n) is 0.947. The van der Waals surface area contributed by atoms with Crippen molar-refractivity contribution < 1.29 is 14.3 Å². The minimum Gasteiger partial charge on any atom is -0.383 e. The van der Waals surface area contributed by atoms with E-state index in [-0.39, 0.29) is 18.6 Å². The third kappa shape index (κ3) is 7.97. The smallest absolute Gasteiger partial charge is 0.246 e. The van der Waals surface area contributed by atoms with Gasteiger partial charge in [-0.1, -0.05) is 0 Å². The molecule has 5 heteroatoms. The van der Waals surface area contributed by atoms with Crippen LogP contribution >= 0.6 is 0 Å². The van der Waals surface area contributed by atoms with Gasteiger partial charge in [-0.15, -0.1) is 0 Å². The van der Waals surface area contributed by atoms with Crippen molar-refractivity contribution in [3.05, 3.63) is 0 Å². The van der Waals surface area contributed by atoms with Crippen LogP contribution in [-0.2, 0) is 14.3 Å². The van der Waals surface area contributed by atoms with Gasteiger partial charge in [-0.3, -0.25) is 4.79 Å². The van der Waals surface area contributed by atoms with Gasteiger partial charge in [0.2, 0.25) is 5.91 Å². The first-order valence-corrected chi connectivity index (χ1v) is 4.71. The van der Waals surface area contributed by atoms with Crippen LogP contribution in [0.15, 0.2) is 0 Å². The van der Waals surface area contributed by atoms with E-state index in [1.807, 2.05) is 14.0 Å². The van der Waals surface area contributed by atoms with Crippen molar-refractivity contribution in [3.63, 3.8) is 0 Å². The number of carbonyl (C=O) groups is 1. The molecule has 2 N–H and O–H groups in total. The Kier molecular flexibility index (Phi) is 8.51. The van der Waals surface area contributed by atoms with Gasteiger partial charge in [-0.25, -0.2) is 0 Å². The van der Waals surface area contributed by atoms with Crippen molar-refractivity contribution in [3.8, 4) is 0 Å². The van der Waals surface area contributed by atoms with Gasteiger partial charge in [-0.05, 0) is 14.0 Å². The molecule has 0 spiro atoms. The Balaban J connectivity index is 3.35. The zero-order valence-electron chi connectivity index (χ0n) is 9.13. The van der Waals surface area contributed by atoms with Crippen LogP contribution in [0.2, 0.25) is 0 Å². The Morgan fingerprint density at radius 3 is 2.79 bits per heavy atom. The second kappa shape index (κ2) is 8.93. The first kappa shape index (κ1) is 13.4. The molecule has 84 valence electrons. The molecule has 14 heavy (non-hydrogen) atoms. The van der Waals surface area contributed by atoms with E-state index in [1.54, 1.807) is 7.11 Å². The Labute approximate surface area is 85.1 Å². The number of amides is 1. The molecule has 0 fully saturated rings. The van der Waals surface area contributed by atoms with Gasteiger partial charge < -0.3 is 20.1 Å². The number of methoxy groups -OCH3 is 1. The van der Waals surface area contributed by atoms with Crippen molar-refractivity contribution in [1.82, 2.24) is 10.6 Å². The fraction of sp³-hybridized carbons (Fsp3) is 0.889. The van der Waals surface area contributed by atoms with Crippen LogP contribution in [0.4, 0.5) is 0 Å². The highest BCUT2D eigenvalue weighted by atomic mass is 16.5. The maximum atomic E-state index is 11.2. The molecular formula is C9H20N2O3. The Hall–Kier alpha value is -0.650. The van der Waals surface area contributed by atoms with Crippen molar-refractivity contribution in [2.45, 2.75) is 13.0 Å². The first-order chi connectivity index (χ1) is 6.70. The number of ether oxygens (including phenoxy) is 2. The first-order valence-electron chi connectivity index (χ1n) is 4.71. The third-order valence-electron chi connectivity index (χ3n) is 1.55. The monoisotopic (exact) mass is 204 g/mol. The molecule has 0 bridgehead atoms. The average Bonchev–Trinajstić information content (AvgIpc) is 2.13. The second-order valence-electron chi connectivity index (χ2n) is 3.08. The van der Waals surface area contributed by atoms with E-state index in [9.17, 15) is 4.79 Å². The zero-order valence-corrected chi connectivity index (χ0v) is 9.13. The van der Waals surface area contributed by atoms with E-state index in [1.165, 1.54) is 0 Å². The van der Waals surface area contributed by atoms with Gasteiger partial charge in [0, 0.05) is 19.7 Å². The number of nitrogens with one attached hydrogen (secondary N) is 2. The Bertz CT molecular complexity index is 153. The van der Waals surface area contributed by atoms with Gasteiger partial charge in [0.1, 0.15) is 6.61 Å². The fourth-order valence-corrected chi connectivity index (χ4v) is 0.947. The molecule has 0 rings (SSSR count). The lowest BCUT2D eigenvalue weighted by Gasteiger charge is -2.12. The lowest BCUT2D eigenvalue weighted by atomic mass is 10.3. The number of hydrogen-bond donors (Lipinski definition) is 2. The molecular weight excluding hydrogens is 184 g/mol. The lowest BCUT2D eigenvalue weighted by molar-refractivity contribution is -0.126. The second-order valence-corrected chi connectivity index (χ2v) is 3.08. The largest absolute Gasteiger partial charge is 0.383 e. The van der Waals surface area contributed by atoms with Crippen LogP contribution in [0, 0.1) is 0 Å². The molecule has 0 radical (unpaired) electrons. The van der Waals surface area contributed by atoms with Gasteiger partial charge in [0.15, 0.2) is 0 Å². The van der Waals surface area contributed by atoms with E-state index < -0.39 is 0 Å². The van der Waals surface area contributed by atoms with Crippen LogP contribution in [-0.4, -0.2) is 52.5 Å². The maximum absolute atomic E-state index is 11.2. The number of hydrogen-bond acceptors (Lipinski definition) is 4. The highest BCUT2D eigenvalue weighted by Gasteiger charge is 2.06. The summed E-state index contributed by atoms with van der Waals surface area (Å²) < 4.78 is 9.98. The average molecular weight is 204 g/mol. The molecule has 0 aromatic heterocycles. The van der Waals surface area contributed by atoms with Crippen molar-refractivity contribution in [2.24, 2.45) is 0 Å². The van der Waals surface area contributed by atoms with Crippen molar-refractivity contribution in [2.75, 3.05) is 40.5 Å². The summed E-state index contributed by atoms with van der Waals surface area (Å²) in [5.41, 5.74) is 0. The van der Waals surface area contributed by atoms with Crippen LogP contribution in [0.1, 0.15) is 6.92 Å². The summed E-state index contributed by atoms with van der Waals surface area (Å²) >= 11 is 0. The van der Waals surface area contributed by atoms with Gasteiger partial charge in [0.05, 0.1) is 13.2 Å². The van der Waals surface area contributed by atoms with Gasteiger partial charge in [-0.2, -0.15) is 0 Å². The summed E-state index contributed by atoms with van der Waals surface area (Å²) in [5.74, 6) is -0.106.